The van der Waals surface area contributed by atoms with Gasteiger partial charge in [0.05, 0.1) is 18.1 Å². The summed E-state index contributed by atoms with van der Waals surface area (Å²) in [6.45, 7) is 3.54. The second-order valence-corrected chi connectivity index (χ2v) is 7.41. The second kappa shape index (κ2) is 6.11. The number of hydrogen-bond acceptors (Lipinski definition) is 3. The number of halogens is 1. The number of thiazole rings is 1. The van der Waals surface area contributed by atoms with Crippen molar-refractivity contribution in [3.05, 3.63) is 16.1 Å². The molecule has 2 fully saturated rings. The van der Waals surface area contributed by atoms with Crippen LogP contribution in [0.4, 0.5) is 0 Å². The standard InChI is InChI=1S/C15H23ClN2S/c16-10-13-12-19-14(17-13)11-18-8-6-15(7-9-18)4-2-1-3-5-15/h12H,1-11H2. The van der Waals surface area contributed by atoms with Gasteiger partial charge in [-0.15, -0.1) is 22.9 Å². The molecule has 1 spiro atoms. The first-order chi connectivity index (χ1) is 9.30. The molecular weight excluding hydrogens is 276 g/mol. The van der Waals surface area contributed by atoms with Gasteiger partial charge in [-0.05, 0) is 44.2 Å². The number of nitrogens with zero attached hydrogens (tertiary/aromatic N) is 2. The highest BCUT2D eigenvalue weighted by Crippen LogP contribution is 2.44. The van der Waals surface area contributed by atoms with Crippen LogP contribution < -0.4 is 0 Å². The summed E-state index contributed by atoms with van der Waals surface area (Å²) in [5.74, 6) is 0.541. The van der Waals surface area contributed by atoms with E-state index in [2.05, 4.69) is 15.3 Å². The number of piperidine rings is 1. The fourth-order valence-corrected chi connectivity index (χ4v) is 4.73. The largest absolute Gasteiger partial charge is 0.297 e. The summed E-state index contributed by atoms with van der Waals surface area (Å²) in [6.07, 6.45) is 10.2. The molecule has 0 amide bonds. The highest BCUT2D eigenvalue weighted by molar-refractivity contribution is 7.09. The van der Waals surface area contributed by atoms with Gasteiger partial charge in [-0.3, -0.25) is 4.90 Å². The number of rotatable bonds is 3. The highest BCUT2D eigenvalue weighted by Gasteiger charge is 2.35. The van der Waals surface area contributed by atoms with E-state index in [4.69, 9.17) is 11.6 Å². The predicted octanol–water partition coefficient (Wildman–Crippen LogP) is 4.43. The minimum atomic E-state index is 0.541. The molecule has 1 aromatic rings. The summed E-state index contributed by atoms with van der Waals surface area (Å²) in [4.78, 5) is 7.15. The molecule has 0 radical (unpaired) electrons. The lowest BCUT2D eigenvalue weighted by Gasteiger charge is -2.44. The Morgan fingerprint density at radius 1 is 1.16 bits per heavy atom. The van der Waals surface area contributed by atoms with Crippen molar-refractivity contribution in [1.82, 2.24) is 9.88 Å². The van der Waals surface area contributed by atoms with E-state index >= 15 is 0 Å². The van der Waals surface area contributed by atoms with Gasteiger partial charge in [0, 0.05) is 5.38 Å². The topological polar surface area (TPSA) is 16.1 Å². The minimum Gasteiger partial charge on any atom is -0.297 e. The summed E-state index contributed by atoms with van der Waals surface area (Å²) < 4.78 is 0. The van der Waals surface area contributed by atoms with Gasteiger partial charge in [-0.25, -0.2) is 4.98 Å². The molecule has 0 unspecified atom stereocenters. The van der Waals surface area contributed by atoms with Crippen LogP contribution in [0.25, 0.3) is 0 Å². The first-order valence-electron chi connectivity index (χ1n) is 7.51. The summed E-state index contributed by atoms with van der Waals surface area (Å²) in [5, 5.41) is 3.32. The monoisotopic (exact) mass is 298 g/mol. The Morgan fingerprint density at radius 3 is 2.53 bits per heavy atom. The smallest absolute Gasteiger partial charge is 0.107 e. The molecule has 3 rings (SSSR count). The summed E-state index contributed by atoms with van der Waals surface area (Å²) >= 11 is 7.57. The van der Waals surface area contributed by atoms with E-state index in [9.17, 15) is 0 Å². The van der Waals surface area contributed by atoms with E-state index in [0.717, 1.165) is 12.2 Å². The van der Waals surface area contributed by atoms with Crippen LogP contribution in [0.2, 0.25) is 0 Å². The summed E-state index contributed by atoms with van der Waals surface area (Å²) in [5.41, 5.74) is 1.74. The van der Waals surface area contributed by atoms with E-state index in [-0.39, 0.29) is 0 Å². The molecule has 2 nitrogen and oxygen atoms in total. The molecule has 1 aromatic heterocycles. The van der Waals surface area contributed by atoms with Crippen LogP contribution in [0.15, 0.2) is 5.38 Å². The molecule has 1 aliphatic heterocycles. The van der Waals surface area contributed by atoms with Gasteiger partial charge in [0.25, 0.3) is 0 Å². The lowest BCUT2D eigenvalue weighted by atomic mass is 9.68. The van der Waals surface area contributed by atoms with Crippen LogP contribution in [-0.2, 0) is 12.4 Å². The third-order valence-electron chi connectivity index (χ3n) is 4.93. The van der Waals surface area contributed by atoms with Crippen molar-refractivity contribution in [2.24, 2.45) is 5.41 Å². The van der Waals surface area contributed by atoms with Crippen molar-refractivity contribution in [2.45, 2.75) is 57.4 Å². The molecule has 1 aliphatic carbocycles. The Labute approximate surface area is 125 Å². The molecule has 0 atom stereocenters. The normalized spacial score (nSPS) is 23.8. The second-order valence-electron chi connectivity index (χ2n) is 6.20. The minimum absolute atomic E-state index is 0.541. The predicted molar refractivity (Wildman–Crippen MR) is 81.7 cm³/mol. The number of aromatic nitrogens is 1. The molecule has 0 aromatic carbocycles. The van der Waals surface area contributed by atoms with Crippen molar-refractivity contribution in [3.63, 3.8) is 0 Å². The quantitative estimate of drug-likeness (QED) is 0.768. The van der Waals surface area contributed by atoms with E-state index in [1.54, 1.807) is 11.3 Å². The Balaban J connectivity index is 1.52. The SMILES string of the molecule is ClCc1csc(CN2CCC3(CCCCC3)CC2)n1. The molecule has 2 aliphatic rings. The van der Waals surface area contributed by atoms with Crippen LogP contribution in [-0.4, -0.2) is 23.0 Å². The first-order valence-corrected chi connectivity index (χ1v) is 8.93. The lowest BCUT2D eigenvalue weighted by Crippen LogP contribution is -2.40. The van der Waals surface area contributed by atoms with Gasteiger partial charge in [-0.2, -0.15) is 0 Å². The molecule has 1 saturated heterocycles. The number of likely N-dealkylation sites (tertiary alicyclic amines) is 1. The number of alkyl halides is 1. The van der Waals surface area contributed by atoms with E-state index in [0.29, 0.717) is 11.3 Å². The molecule has 4 heteroatoms. The highest BCUT2D eigenvalue weighted by atomic mass is 35.5. The molecule has 1 saturated carbocycles. The third kappa shape index (κ3) is 3.32. The van der Waals surface area contributed by atoms with Crippen molar-refractivity contribution in [3.8, 4) is 0 Å². The van der Waals surface area contributed by atoms with Gasteiger partial charge >= 0.3 is 0 Å². The van der Waals surface area contributed by atoms with Crippen LogP contribution in [0, 0.1) is 5.41 Å². The van der Waals surface area contributed by atoms with Crippen LogP contribution in [0.3, 0.4) is 0 Å². The van der Waals surface area contributed by atoms with Crippen molar-refractivity contribution in [2.75, 3.05) is 13.1 Å². The van der Waals surface area contributed by atoms with Crippen LogP contribution in [0.5, 0.6) is 0 Å². The molecule has 0 bridgehead atoms. The Hall–Kier alpha value is -0.120. The molecule has 0 N–H and O–H groups in total. The zero-order valence-corrected chi connectivity index (χ0v) is 13.1. The first kappa shape index (κ1) is 13.8. The van der Waals surface area contributed by atoms with Gasteiger partial charge < -0.3 is 0 Å². The fourth-order valence-electron chi connectivity index (χ4n) is 3.66. The fraction of sp³-hybridized carbons (Fsp3) is 0.800. The zero-order valence-electron chi connectivity index (χ0n) is 11.5. The molecular formula is C15H23ClN2S. The average Bonchev–Trinajstić information content (AvgIpc) is 2.90. The molecule has 2 heterocycles. The third-order valence-corrected chi connectivity index (χ3v) is 6.08. The Morgan fingerprint density at radius 2 is 1.89 bits per heavy atom. The Kier molecular flexibility index (Phi) is 4.45. The van der Waals surface area contributed by atoms with E-state index in [1.165, 1.54) is 63.0 Å². The maximum atomic E-state index is 5.81. The van der Waals surface area contributed by atoms with E-state index in [1.807, 2.05) is 0 Å². The molecule has 19 heavy (non-hydrogen) atoms. The van der Waals surface area contributed by atoms with Crippen LogP contribution in [0.1, 0.15) is 55.6 Å². The van der Waals surface area contributed by atoms with Crippen molar-refractivity contribution < 1.29 is 0 Å². The summed E-state index contributed by atoms with van der Waals surface area (Å²) in [7, 11) is 0. The Bertz CT molecular complexity index is 402. The average molecular weight is 299 g/mol. The van der Waals surface area contributed by atoms with Gasteiger partial charge in [0.2, 0.25) is 0 Å². The van der Waals surface area contributed by atoms with Crippen molar-refractivity contribution in [1.29, 1.82) is 0 Å². The van der Waals surface area contributed by atoms with Crippen LogP contribution >= 0.6 is 22.9 Å². The molecule has 106 valence electrons. The van der Waals surface area contributed by atoms with Gasteiger partial charge in [0.15, 0.2) is 0 Å². The van der Waals surface area contributed by atoms with Gasteiger partial charge in [-0.1, -0.05) is 19.3 Å². The number of hydrogen-bond donors (Lipinski definition) is 0. The maximum Gasteiger partial charge on any atom is 0.107 e. The zero-order chi connectivity index (χ0) is 13.1. The van der Waals surface area contributed by atoms with Gasteiger partial charge in [0.1, 0.15) is 5.01 Å². The lowest BCUT2D eigenvalue weighted by molar-refractivity contribution is 0.0641. The summed E-state index contributed by atoms with van der Waals surface area (Å²) in [6, 6.07) is 0. The maximum absolute atomic E-state index is 5.81. The van der Waals surface area contributed by atoms with Crippen molar-refractivity contribution >= 4 is 22.9 Å². The van der Waals surface area contributed by atoms with E-state index < -0.39 is 0 Å².